The van der Waals surface area contributed by atoms with E-state index < -0.39 is 0 Å². The fourth-order valence-electron chi connectivity index (χ4n) is 2.14. The van der Waals surface area contributed by atoms with Crippen molar-refractivity contribution < 1.29 is 4.74 Å². The van der Waals surface area contributed by atoms with Crippen LogP contribution < -0.4 is 10.1 Å². The number of para-hydroxylation sites is 1. The van der Waals surface area contributed by atoms with Crippen molar-refractivity contribution in [3.63, 3.8) is 0 Å². The average molecular weight is 230 g/mol. The maximum atomic E-state index is 5.86. The molecular formula is C14H18N2O. The van der Waals surface area contributed by atoms with Crippen molar-refractivity contribution in [3.8, 4) is 5.75 Å². The number of nitrogens with one attached hydrogen (secondary N) is 1. The van der Waals surface area contributed by atoms with Crippen molar-refractivity contribution in [2.24, 2.45) is 10.9 Å². The highest BCUT2D eigenvalue weighted by Gasteiger charge is 2.22. The molecule has 1 aromatic rings. The number of amidine groups is 1. The number of ether oxygens (including phenoxy) is 1. The lowest BCUT2D eigenvalue weighted by Crippen LogP contribution is -2.25. The van der Waals surface area contributed by atoms with Gasteiger partial charge >= 0.3 is 0 Å². The summed E-state index contributed by atoms with van der Waals surface area (Å²) in [5.74, 6) is 2.89. The largest absolute Gasteiger partial charge is 0.485 e. The molecule has 1 fully saturated rings. The first-order valence-corrected chi connectivity index (χ1v) is 6.40. The van der Waals surface area contributed by atoms with Crippen molar-refractivity contribution >= 4 is 5.84 Å². The van der Waals surface area contributed by atoms with E-state index in [1.807, 2.05) is 6.07 Å². The van der Waals surface area contributed by atoms with Gasteiger partial charge in [0, 0.05) is 6.54 Å². The third-order valence-electron chi connectivity index (χ3n) is 3.29. The van der Waals surface area contributed by atoms with Crippen LogP contribution in [0.3, 0.4) is 0 Å². The third-order valence-corrected chi connectivity index (χ3v) is 3.29. The first-order chi connectivity index (χ1) is 8.42. The van der Waals surface area contributed by atoms with Gasteiger partial charge in [0.2, 0.25) is 0 Å². The van der Waals surface area contributed by atoms with Gasteiger partial charge in [-0.15, -0.1) is 0 Å². The SMILES string of the molecule is c1ccc(OCC2=NCCN2)c(CC2CC2)c1. The molecule has 0 spiro atoms. The third kappa shape index (κ3) is 2.78. The summed E-state index contributed by atoms with van der Waals surface area (Å²) in [5.41, 5.74) is 1.34. The topological polar surface area (TPSA) is 33.6 Å². The zero-order chi connectivity index (χ0) is 11.5. The number of hydrogen-bond donors (Lipinski definition) is 1. The number of benzene rings is 1. The number of rotatable bonds is 5. The van der Waals surface area contributed by atoms with Gasteiger partial charge in [0.15, 0.2) is 0 Å². The number of aliphatic imine (C=N–C) groups is 1. The highest BCUT2D eigenvalue weighted by molar-refractivity contribution is 5.85. The summed E-state index contributed by atoms with van der Waals surface area (Å²) < 4.78 is 5.86. The Morgan fingerprint density at radius 3 is 2.94 bits per heavy atom. The molecule has 0 atom stereocenters. The Balaban J connectivity index is 1.63. The second-order valence-electron chi connectivity index (χ2n) is 4.80. The molecule has 3 rings (SSSR count). The summed E-state index contributed by atoms with van der Waals surface area (Å²) in [4.78, 5) is 4.33. The molecule has 0 unspecified atom stereocenters. The van der Waals surface area contributed by atoms with Gasteiger partial charge < -0.3 is 10.1 Å². The highest BCUT2D eigenvalue weighted by atomic mass is 16.5. The molecule has 3 nitrogen and oxygen atoms in total. The molecule has 1 aliphatic heterocycles. The van der Waals surface area contributed by atoms with Gasteiger partial charge in [0.25, 0.3) is 0 Å². The molecule has 0 aromatic heterocycles. The van der Waals surface area contributed by atoms with Gasteiger partial charge in [-0.2, -0.15) is 0 Å². The quantitative estimate of drug-likeness (QED) is 0.839. The normalized spacial score (nSPS) is 18.7. The highest BCUT2D eigenvalue weighted by Crippen LogP contribution is 2.35. The van der Waals surface area contributed by atoms with Crippen LogP contribution in [0.15, 0.2) is 29.3 Å². The van der Waals surface area contributed by atoms with E-state index in [1.54, 1.807) is 0 Å². The second kappa shape index (κ2) is 4.78. The van der Waals surface area contributed by atoms with Crippen molar-refractivity contribution in [1.29, 1.82) is 0 Å². The monoisotopic (exact) mass is 230 g/mol. The maximum Gasteiger partial charge on any atom is 0.145 e. The van der Waals surface area contributed by atoms with E-state index in [0.717, 1.165) is 37.0 Å². The Morgan fingerprint density at radius 2 is 2.18 bits per heavy atom. The molecule has 1 aromatic carbocycles. The summed E-state index contributed by atoms with van der Waals surface area (Å²) in [6.07, 6.45) is 3.92. The summed E-state index contributed by atoms with van der Waals surface area (Å²) >= 11 is 0. The molecule has 2 aliphatic rings. The Bertz CT molecular complexity index is 424. The Labute approximate surface area is 102 Å². The molecule has 1 aliphatic carbocycles. The predicted molar refractivity (Wildman–Crippen MR) is 68.7 cm³/mol. The zero-order valence-electron chi connectivity index (χ0n) is 9.98. The fourth-order valence-corrected chi connectivity index (χ4v) is 2.14. The van der Waals surface area contributed by atoms with Gasteiger partial charge in [-0.05, 0) is 36.8 Å². The van der Waals surface area contributed by atoms with Crippen LogP contribution in [0.5, 0.6) is 5.75 Å². The second-order valence-corrected chi connectivity index (χ2v) is 4.80. The minimum atomic E-state index is 0.571. The van der Waals surface area contributed by atoms with E-state index in [1.165, 1.54) is 18.4 Å². The van der Waals surface area contributed by atoms with Crippen molar-refractivity contribution in [2.45, 2.75) is 19.3 Å². The first kappa shape index (κ1) is 10.6. The molecule has 1 heterocycles. The number of nitrogens with zero attached hydrogens (tertiary/aromatic N) is 1. The van der Waals surface area contributed by atoms with Crippen LogP contribution in [0, 0.1) is 5.92 Å². The van der Waals surface area contributed by atoms with Crippen LogP contribution in [0.25, 0.3) is 0 Å². The van der Waals surface area contributed by atoms with Crippen LogP contribution in [-0.4, -0.2) is 25.5 Å². The summed E-state index contributed by atoms with van der Waals surface area (Å²) in [5, 5.41) is 3.22. The van der Waals surface area contributed by atoms with Crippen LogP contribution in [0.4, 0.5) is 0 Å². The lowest BCUT2D eigenvalue weighted by molar-refractivity contribution is 0.368. The minimum Gasteiger partial charge on any atom is -0.485 e. The van der Waals surface area contributed by atoms with E-state index in [2.05, 4.69) is 28.5 Å². The zero-order valence-corrected chi connectivity index (χ0v) is 9.98. The van der Waals surface area contributed by atoms with E-state index in [4.69, 9.17) is 4.74 Å². The molecule has 0 radical (unpaired) electrons. The summed E-state index contributed by atoms with van der Waals surface area (Å²) in [7, 11) is 0. The van der Waals surface area contributed by atoms with Crippen LogP contribution >= 0.6 is 0 Å². The van der Waals surface area contributed by atoms with E-state index in [9.17, 15) is 0 Å². The fraction of sp³-hybridized carbons (Fsp3) is 0.500. The van der Waals surface area contributed by atoms with E-state index in [-0.39, 0.29) is 0 Å². The summed E-state index contributed by atoms with van der Waals surface area (Å²) in [6, 6.07) is 8.37. The molecule has 0 bridgehead atoms. The van der Waals surface area contributed by atoms with Gasteiger partial charge in [0.05, 0.1) is 6.54 Å². The summed E-state index contributed by atoms with van der Waals surface area (Å²) in [6.45, 7) is 2.40. The molecule has 0 saturated heterocycles. The Hall–Kier alpha value is -1.51. The molecule has 1 N–H and O–H groups in total. The standard InChI is InChI=1S/C14H18N2O/c1-2-4-13(12(3-1)9-11-5-6-11)17-10-14-15-7-8-16-14/h1-4,11H,5-10H2,(H,15,16). The average Bonchev–Trinajstić information content (AvgIpc) is 3.02. The van der Waals surface area contributed by atoms with Crippen molar-refractivity contribution in [3.05, 3.63) is 29.8 Å². The van der Waals surface area contributed by atoms with Crippen LogP contribution in [-0.2, 0) is 6.42 Å². The maximum absolute atomic E-state index is 5.86. The lowest BCUT2D eigenvalue weighted by Gasteiger charge is -2.11. The van der Waals surface area contributed by atoms with Crippen LogP contribution in [0.2, 0.25) is 0 Å². The van der Waals surface area contributed by atoms with Gasteiger partial charge in [-0.3, -0.25) is 4.99 Å². The molecule has 1 saturated carbocycles. The van der Waals surface area contributed by atoms with E-state index >= 15 is 0 Å². The lowest BCUT2D eigenvalue weighted by atomic mass is 10.1. The smallest absolute Gasteiger partial charge is 0.145 e. The van der Waals surface area contributed by atoms with Crippen LogP contribution in [0.1, 0.15) is 18.4 Å². The Kier molecular flexibility index (Phi) is 2.99. The molecule has 3 heteroatoms. The van der Waals surface area contributed by atoms with Crippen molar-refractivity contribution in [1.82, 2.24) is 5.32 Å². The Morgan fingerprint density at radius 1 is 1.29 bits per heavy atom. The predicted octanol–water partition coefficient (Wildman–Crippen LogP) is 2.02. The molecule has 0 amide bonds. The van der Waals surface area contributed by atoms with Gasteiger partial charge in [-0.25, -0.2) is 0 Å². The molecule has 17 heavy (non-hydrogen) atoms. The molecular weight excluding hydrogens is 212 g/mol. The van der Waals surface area contributed by atoms with Gasteiger partial charge in [0.1, 0.15) is 18.2 Å². The van der Waals surface area contributed by atoms with E-state index in [0.29, 0.717) is 6.61 Å². The molecule has 90 valence electrons. The first-order valence-electron chi connectivity index (χ1n) is 6.40. The van der Waals surface area contributed by atoms with Crippen molar-refractivity contribution in [2.75, 3.05) is 19.7 Å². The van der Waals surface area contributed by atoms with Gasteiger partial charge in [-0.1, -0.05) is 18.2 Å². The minimum absolute atomic E-state index is 0.571. The number of hydrogen-bond acceptors (Lipinski definition) is 3.